The largest absolute Gasteiger partial charge is 0.478 e. The van der Waals surface area contributed by atoms with E-state index in [4.69, 9.17) is 0 Å². The maximum atomic E-state index is 11.7. The number of benzene rings is 1. The lowest BCUT2D eigenvalue weighted by Gasteiger charge is -2.12. The zero-order chi connectivity index (χ0) is 16.4. The number of aromatic carboxylic acids is 1. The highest BCUT2D eigenvalue weighted by molar-refractivity contribution is 6.03. The third kappa shape index (κ3) is 2.93. The van der Waals surface area contributed by atoms with Crippen molar-refractivity contribution < 1.29 is 9.90 Å². The van der Waals surface area contributed by atoms with Gasteiger partial charge in [-0.2, -0.15) is 0 Å². The quantitative estimate of drug-likeness (QED) is 0.770. The van der Waals surface area contributed by atoms with E-state index in [2.05, 4.69) is 23.8 Å². The number of fused-ring (bicyclic) bond motifs is 1. The van der Waals surface area contributed by atoms with Crippen molar-refractivity contribution in [3.8, 4) is 11.4 Å². The fraction of sp³-hybridized carbons (Fsp3) is 0.211. The van der Waals surface area contributed by atoms with Crippen LogP contribution < -0.4 is 0 Å². The monoisotopic (exact) mass is 306 g/mol. The van der Waals surface area contributed by atoms with E-state index in [1.54, 1.807) is 12.3 Å². The summed E-state index contributed by atoms with van der Waals surface area (Å²) < 4.78 is 0. The minimum absolute atomic E-state index is 0.265. The second kappa shape index (κ2) is 6.16. The van der Waals surface area contributed by atoms with Gasteiger partial charge in [0.2, 0.25) is 0 Å². The van der Waals surface area contributed by atoms with Crippen LogP contribution in [0.5, 0.6) is 0 Å². The molecule has 0 fully saturated rings. The third-order valence-corrected chi connectivity index (χ3v) is 4.17. The van der Waals surface area contributed by atoms with Crippen LogP contribution >= 0.6 is 0 Å². The number of aromatic nitrogens is 2. The number of hydrogen-bond donors (Lipinski definition) is 1. The van der Waals surface area contributed by atoms with Gasteiger partial charge in [0.25, 0.3) is 0 Å². The first-order chi connectivity index (χ1) is 11.1. The molecule has 0 saturated heterocycles. The van der Waals surface area contributed by atoms with Crippen LogP contribution in [0.1, 0.15) is 42.1 Å². The first-order valence-electron chi connectivity index (χ1n) is 7.69. The Morgan fingerprint density at radius 2 is 2.00 bits per heavy atom. The summed E-state index contributed by atoms with van der Waals surface area (Å²) in [5, 5.41) is 10.3. The SMILES string of the molecule is CCC(C)c1ccc2nc(-c3ccccn3)cc(C(=O)O)c2c1. The van der Waals surface area contributed by atoms with Crippen molar-refractivity contribution in [3.63, 3.8) is 0 Å². The summed E-state index contributed by atoms with van der Waals surface area (Å²) in [5.41, 5.74) is 3.32. The summed E-state index contributed by atoms with van der Waals surface area (Å²) in [7, 11) is 0. The third-order valence-electron chi connectivity index (χ3n) is 4.17. The molecule has 1 unspecified atom stereocenters. The predicted octanol–water partition coefficient (Wildman–Crippen LogP) is 4.51. The molecule has 3 aromatic rings. The van der Waals surface area contributed by atoms with Gasteiger partial charge in [-0.25, -0.2) is 9.78 Å². The Morgan fingerprint density at radius 1 is 1.17 bits per heavy atom. The van der Waals surface area contributed by atoms with Gasteiger partial charge in [-0.3, -0.25) is 4.98 Å². The molecular weight excluding hydrogens is 288 g/mol. The maximum Gasteiger partial charge on any atom is 0.336 e. The standard InChI is InChI=1S/C19H18N2O2/c1-3-12(2)13-7-8-16-14(10-13)15(19(22)23)11-18(21-16)17-6-4-5-9-20-17/h4-12H,3H2,1-2H3,(H,22,23). The van der Waals surface area contributed by atoms with Gasteiger partial charge in [0.1, 0.15) is 0 Å². The van der Waals surface area contributed by atoms with E-state index in [9.17, 15) is 9.90 Å². The van der Waals surface area contributed by atoms with Crippen LogP contribution in [0.25, 0.3) is 22.3 Å². The van der Waals surface area contributed by atoms with Crippen LogP contribution in [-0.4, -0.2) is 21.0 Å². The molecule has 0 aliphatic heterocycles. The summed E-state index contributed by atoms with van der Waals surface area (Å²) in [6.07, 6.45) is 2.68. The van der Waals surface area contributed by atoms with Gasteiger partial charge in [0.15, 0.2) is 0 Å². The Hall–Kier alpha value is -2.75. The minimum Gasteiger partial charge on any atom is -0.478 e. The van der Waals surface area contributed by atoms with Crippen LogP contribution in [0.4, 0.5) is 0 Å². The highest BCUT2D eigenvalue weighted by atomic mass is 16.4. The first-order valence-corrected chi connectivity index (χ1v) is 7.69. The average Bonchev–Trinajstić information content (AvgIpc) is 2.60. The lowest BCUT2D eigenvalue weighted by molar-refractivity contribution is 0.0699. The normalized spacial score (nSPS) is 12.3. The van der Waals surface area contributed by atoms with Crippen molar-refractivity contribution >= 4 is 16.9 Å². The number of carbonyl (C=O) groups is 1. The zero-order valence-corrected chi connectivity index (χ0v) is 13.2. The molecule has 1 aromatic carbocycles. The summed E-state index contributed by atoms with van der Waals surface area (Å²) in [6.45, 7) is 4.26. The summed E-state index contributed by atoms with van der Waals surface area (Å²) in [5.74, 6) is -0.563. The molecule has 2 heterocycles. The van der Waals surface area contributed by atoms with Crippen LogP contribution in [-0.2, 0) is 0 Å². The average molecular weight is 306 g/mol. The van der Waals surface area contributed by atoms with E-state index in [-0.39, 0.29) is 5.56 Å². The highest BCUT2D eigenvalue weighted by Gasteiger charge is 2.15. The number of carboxylic acids is 1. The Balaban J connectivity index is 2.23. The van der Waals surface area contributed by atoms with Gasteiger partial charge in [0, 0.05) is 11.6 Å². The Kier molecular flexibility index (Phi) is 4.06. The van der Waals surface area contributed by atoms with Gasteiger partial charge in [0.05, 0.1) is 22.5 Å². The van der Waals surface area contributed by atoms with Crippen LogP contribution in [0.2, 0.25) is 0 Å². The predicted molar refractivity (Wildman–Crippen MR) is 90.6 cm³/mol. The fourth-order valence-corrected chi connectivity index (χ4v) is 2.61. The number of nitrogens with zero attached hydrogens (tertiary/aromatic N) is 2. The van der Waals surface area contributed by atoms with Crippen molar-refractivity contribution in [1.82, 2.24) is 9.97 Å². The van der Waals surface area contributed by atoms with E-state index in [1.807, 2.05) is 36.4 Å². The second-order valence-electron chi connectivity index (χ2n) is 5.66. The van der Waals surface area contributed by atoms with Crippen molar-refractivity contribution in [2.45, 2.75) is 26.2 Å². The van der Waals surface area contributed by atoms with E-state index < -0.39 is 5.97 Å². The molecule has 1 atom stereocenters. The molecule has 0 aliphatic carbocycles. The molecule has 2 aromatic heterocycles. The van der Waals surface area contributed by atoms with Crippen molar-refractivity contribution in [2.75, 3.05) is 0 Å². The lowest BCUT2D eigenvalue weighted by Crippen LogP contribution is -2.02. The number of carboxylic acid groups (broad SMARTS) is 1. The highest BCUT2D eigenvalue weighted by Crippen LogP contribution is 2.28. The van der Waals surface area contributed by atoms with Gasteiger partial charge in [-0.1, -0.05) is 26.0 Å². The van der Waals surface area contributed by atoms with Gasteiger partial charge < -0.3 is 5.11 Å². The van der Waals surface area contributed by atoms with Crippen LogP contribution in [0, 0.1) is 0 Å². The van der Waals surface area contributed by atoms with Crippen molar-refractivity contribution in [1.29, 1.82) is 0 Å². The molecule has 0 radical (unpaired) electrons. The zero-order valence-electron chi connectivity index (χ0n) is 13.2. The number of rotatable bonds is 4. The molecule has 0 spiro atoms. The molecule has 0 saturated carbocycles. The maximum absolute atomic E-state index is 11.7. The van der Waals surface area contributed by atoms with Gasteiger partial charge >= 0.3 is 5.97 Å². The van der Waals surface area contributed by atoms with Gasteiger partial charge in [-0.05, 0) is 48.2 Å². The minimum atomic E-state index is -0.948. The number of hydrogen-bond acceptors (Lipinski definition) is 3. The Morgan fingerprint density at radius 3 is 2.65 bits per heavy atom. The molecule has 3 rings (SSSR count). The Labute approximate surface area is 134 Å². The molecule has 23 heavy (non-hydrogen) atoms. The number of pyridine rings is 2. The second-order valence-corrected chi connectivity index (χ2v) is 5.66. The molecule has 0 bridgehead atoms. The fourth-order valence-electron chi connectivity index (χ4n) is 2.61. The van der Waals surface area contributed by atoms with Crippen molar-refractivity contribution in [3.05, 3.63) is 59.8 Å². The molecule has 4 heteroatoms. The molecule has 0 aliphatic rings. The molecule has 4 nitrogen and oxygen atoms in total. The Bertz CT molecular complexity index is 860. The summed E-state index contributed by atoms with van der Waals surface area (Å²) >= 11 is 0. The van der Waals surface area contributed by atoms with E-state index in [0.717, 1.165) is 12.0 Å². The molecule has 0 amide bonds. The molecule has 1 N–H and O–H groups in total. The lowest BCUT2D eigenvalue weighted by atomic mass is 9.95. The summed E-state index contributed by atoms with van der Waals surface area (Å²) in [4.78, 5) is 20.5. The van der Waals surface area contributed by atoms with E-state index in [0.29, 0.717) is 28.2 Å². The van der Waals surface area contributed by atoms with Gasteiger partial charge in [-0.15, -0.1) is 0 Å². The molecule has 116 valence electrons. The first kappa shape index (κ1) is 15.2. The van der Waals surface area contributed by atoms with Crippen molar-refractivity contribution in [2.24, 2.45) is 0 Å². The van der Waals surface area contributed by atoms with Crippen LogP contribution in [0.15, 0.2) is 48.7 Å². The van der Waals surface area contributed by atoms with E-state index >= 15 is 0 Å². The summed E-state index contributed by atoms with van der Waals surface area (Å²) in [6, 6.07) is 13.0. The molecular formula is C19H18N2O2. The van der Waals surface area contributed by atoms with E-state index in [1.165, 1.54) is 0 Å². The van der Waals surface area contributed by atoms with Crippen LogP contribution in [0.3, 0.4) is 0 Å². The topological polar surface area (TPSA) is 63.1 Å². The smallest absolute Gasteiger partial charge is 0.336 e.